The molecule has 2 rings (SSSR count). The third-order valence-electron chi connectivity index (χ3n) is 5.27. The lowest BCUT2D eigenvalue weighted by atomic mass is 10.0. The van der Waals surface area contributed by atoms with E-state index in [-0.39, 0.29) is 18.9 Å². The zero-order valence-corrected chi connectivity index (χ0v) is 22.2. The van der Waals surface area contributed by atoms with Crippen LogP contribution in [-0.2, 0) is 36.8 Å². The Morgan fingerprint density at radius 3 is 2.03 bits per heavy atom. The van der Waals surface area contributed by atoms with Crippen LogP contribution in [0.1, 0.15) is 56.1 Å². The summed E-state index contributed by atoms with van der Waals surface area (Å²) in [5.74, 6) is -1.93. The molecule has 2 atom stereocenters. The number of amides is 2. The molecule has 0 unspecified atom stereocenters. The average molecular weight is 513 g/mol. The fourth-order valence-electron chi connectivity index (χ4n) is 3.37. The highest BCUT2D eigenvalue weighted by molar-refractivity contribution is 5.90. The Balaban J connectivity index is 2.04. The molecule has 0 aliphatic carbocycles. The average Bonchev–Trinajstić information content (AvgIpc) is 2.84. The van der Waals surface area contributed by atoms with Crippen LogP contribution in [-0.4, -0.2) is 48.7 Å². The summed E-state index contributed by atoms with van der Waals surface area (Å²) in [6.07, 6.45) is -0.624. The van der Waals surface area contributed by atoms with Crippen LogP contribution in [0.5, 0.6) is 0 Å². The molecule has 9 heteroatoms. The van der Waals surface area contributed by atoms with Gasteiger partial charge in [0.1, 0.15) is 24.3 Å². The minimum absolute atomic E-state index is 0.0587. The molecule has 0 heterocycles. The normalized spacial score (nSPS) is 12.7. The zero-order chi connectivity index (χ0) is 27.6. The number of methoxy groups -OCH3 is 1. The highest BCUT2D eigenvalue weighted by Crippen LogP contribution is 2.14. The van der Waals surface area contributed by atoms with Crippen LogP contribution in [0.25, 0.3) is 0 Å². The van der Waals surface area contributed by atoms with Crippen molar-refractivity contribution >= 4 is 23.9 Å². The maximum atomic E-state index is 13.0. The van der Waals surface area contributed by atoms with Crippen molar-refractivity contribution in [2.75, 3.05) is 7.11 Å². The maximum absolute atomic E-state index is 13.0. The van der Waals surface area contributed by atoms with Gasteiger partial charge in [-0.2, -0.15) is 0 Å². The molecular weight excluding hydrogens is 476 g/mol. The van der Waals surface area contributed by atoms with Crippen molar-refractivity contribution in [2.24, 2.45) is 5.92 Å². The Labute approximate surface area is 217 Å². The van der Waals surface area contributed by atoms with Gasteiger partial charge in [-0.3, -0.25) is 4.79 Å². The quantitative estimate of drug-likeness (QED) is 0.367. The molecule has 0 radical (unpaired) electrons. The molecule has 0 aromatic heterocycles. The minimum Gasteiger partial charge on any atom is -0.467 e. The van der Waals surface area contributed by atoms with E-state index in [9.17, 15) is 19.2 Å². The van der Waals surface area contributed by atoms with E-state index in [1.807, 2.05) is 30.3 Å². The Bertz CT molecular complexity index is 1060. The summed E-state index contributed by atoms with van der Waals surface area (Å²) in [4.78, 5) is 50.1. The van der Waals surface area contributed by atoms with Crippen molar-refractivity contribution in [1.29, 1.82) is 0 Å². The number of carbonyl (C=O) groups excluding carboxylic acids is 4. The zero-order valence-electron chi connectivity index (χ0n) is 22.2. The van der Waals surface area contributed by atoms with Gasteiger partial charge in [0, 0.05) is 6.42 Å². The monoisotopic (exact) mass is 512 g/mol. The number of hydrogen-bond donors (Lipinski definition) is 2. The van der Waals surface area contributed by atoms with Gasteiger partial charge in [0.15, 0.2) is 0 Å². The topological polar surface area (TPSA) is 120 Å². The number of rotatable bonds is 10. The molecule has 0 spiro atoms. The van der Waals surface area contributed by atoms with E-state index in [4.69, 9.17) is 14.2 Å². The van der Waals surface area contributed by atoms with E-state index < -0.39 is 41.6 Å². The molecule has 2 aromatic carbocycles. The smallest absolute Gasteiger partial charge is 0.408 e. The predicted molar refractivity (Wildman–Crippen MR) is 138 cm³/mol. The van der Waals surface area contributed by atoms with Gasteiger partial charge in [-0.05, 0) is 49.9 Å². The number of benzene rings is 2. The van der Waals surface area contributed by atoms with E-state index in [0.717, 1.165) is 5.56 Å². The van der Waals surface area contributed by atoms with Gasteiger partial charge in [-0.25, -0.2) is 14.4 Å². The first kappa shape index (κ1) is 29.4. The van der Waals surface area contributed by atoms with Gasteiger partial charge in [-0.1, -0.05) is 56.3 Å². The fraction of sp³-hybridized carbons (Fsp3) is 0.429. The van der Waals surface area contributed by atoms with Crippen LogP contribution in [0.3, 0.4) is 0 Å². The molecule has 9 nitrogen and oxygen atoms in total. The van der Waals surface area contributed by atoms with E-state index in [1.165, 1.54) is 7.11 Å². The number of nitrogens with one attached hydrogen (secondary N) is 2. The lowest BCUT2D eigenvalue weighted by molar-refractivity contribution is -0.145. The second-order valence-corrected chi connectivity index (χ2v) is 9.92. The number of hydrogen-bond acceptors (Lipinski definition) is 7. The van der Waals surface area contributed by atoms with Crippen LogP contribution >= 0.6 is 0 Å². The van der Waals surface area contributed by atoms with Gasteiger partial charge in [0.05, 0.1) is 12.7 Å². The lowest BCUT2D eigenvalue weighted by Crippen LogP contribution is -2.54. The van der Waals surface area contributed by atoms with Gasteiger partial charge < -0.3 is 24.8 Å². The summed E-state index contributed by atoms with van der Waals surface area (Å²) in [6.45, 7) is 8.94. The Kier molecular flexibility index (Phi) is 10.7. The third kappa shape index (κ3) is 9.95. The standard InChI is InChI=1S/C28H36N2O7/c1-18(2)23(30-27(34)36-17-20-10-8-7-9-11-20)24(31)29-22(26(33)35-6)16-19-12-14-21(15-13-19)25(32)37-28(3,4)5/h7-15,18,22-23H,16-17H2,1-6H3,(H,29,31)(H,30,34)/t22-,23-/m0/s1. The van der Waals surface area contributed by atoms with Crippen LogP contribution in [0, 0.1) is 5.92 Å². The second-order valence-electron chi connectivity index (χ2n) is 9.92. The Morgan fingerprint density at radius 2 is 1.49 bits per heavy atom. The van der Waals surface area contributed by atoms with Crippen molar-refractivity contribution in [3.05, 3.63) is 71.3 Å². The van der Waals surface area contributed by atoms with E-state index in [2.05, 4.69) is 10.6 Å². The summed E-state index contributed by atoms with van der Waals surface area (Å²) >= 11 is 0. The molecule has 2 amide bonds. The number of esters is 2. The summed E-state index contributed by atoms with van der Waals surface area (Å²) < 4.78 is 15.5. The minimum atomic E-state index is -1.01. The third-order valence-corrected chi connectivity index (χ3v) is 5.27. The first-order chi connectivity index (χ1) is 17.4. The van der Waals surface area contributed by atoms with Crippen molar-refractivity contribution in [1.82, 2.24) is 10.6 Å². The first-order valence-electron chi connectivity index (χ1n) is 12.1. The van der Waals surface area contributed by atoms with Crippen LogP contribution in [0.15, 0.2) is 54.6 Å². The molecule has 0 bridgehead atoms. The Morgan fingerprint density at radius 1 is 0.865 bits per heavy atom. The van der Waals surface area contributed by atoms with Crippen molar-refractivity contribution < 1.29 is 33.4 Å². The fourth-order valence-corrected chi connectivity index (χ4v) is 3.37. The molecule has 0 aliphatic rings. The van der Waals surface area contributed by atoms with E-state index in [0.29, 0.717) is 11.1 Å². The highest BCUT2D eigenvalue weighted by atomic mass is 16.6. The van der Waals surface area contributed by atoms with Crippen molar-refractivity contribution in [3.8, 4) is 0 Å². The molecule has 0 saturated heterocycles. The van der Waals surface area contributed by atoms with Gasteiger partial charge >= 0.3 is 18.0 Å². The van der Waals surface area contributed by atoms with Crippen LogP contribution in [0.4, 0.5) is 4.79 Å². The van der Waals surface area contributed by atoms with Crippen LogP contribution < -0.4 is 10.6 Å². The number of carbonyl (C=O) groups is 4. The second kappa shape index (κ2) is 13.4. The summed E-state index contributed by atoms with van der Waals surface area (Å²) in [6, 6.07) is 13.8. The first-order valence-corrected chi connectivity index (χ1v) is 12.1. The predicted octanol–water partition coefficient (Wildman–Crippen LogP) is 3.79. The summed E-state index contributed by atoms with van der Waals surface area (Å²) in [5.41, 5.74) is 1.26. The molecule has 0 aliphatic heterocycles. The van der Waals surface area contributed by atoms with E-state index >= 15 is 0 Å². The molecule has 0 saturated carbocycles. The van der Waals surface area contributed by atoms with E-state index in [1.54, 1.807) is 58.9 Å². The summed E-state index contributed by atoms with van der Waals surface area (Å²) in [7, 11) is 1.23. The molecule has 200 valence electrons. The SMILES string of the molecule is COC(=O)[C@H](Cc1ccc(C(=O)OC(C)(C)C)cc1)NC(=O)[C@@H](NC(=O)OCc1ccccc1)C(C)C. The van der Waals surface area contributed by atoms with Crippen LogP contribution in [0.2, 0.25) is 0 Å². The molecule has 2 aromatic rings. The molecule has 2 N–H and O–H groups in total. The Hall–Kier alpha value is -3.88. The summed E-state index contributed by atoms with van der Waals surface area (Å²) in [5, 5.41) is 5.24. The van der Waals surface area contributed by atoms with Gasteiger partial charge in [0.2, 0.25) is 5.91 Å². The molecule has 0 fully saturated rings. The van der Waals surface area contributed by atoms with Gasteiger partial charge in [-0.15, -0.1) is 0 Å². The highest BCUT2D eigenvalue weighted by Gasteiger charge is 2.30. The molecule has 37 heavy (non-hydrogen) atoms. The van der Waals surface area contributed by atoms with Crippen molar-refractivity contribution in [3.63, 3.8) is 0 Å². The maximum Gasteiger partial charge on any atom is 0.408 e. The van der Waals surface area contributed by atoms with Crippen molar-refractivity contribution in [2.45, 2.75) is 65.3 Å². The number of ether oxygens (including phenoxy) is 3. The lowest BCUT2D eigenvalue weighted by Gasteiger charge is -2.24. The number of alkyl carbamates (subject to hydrolysis) is 1. The molecular formula is C28H36N2O7. The largest absolute Gasteiger partial charge is 0.467 e. The van der Waals surface area contributed by atoms with Gasteiger partial charge in [0.25, 0.3) is 0 Å².